The van der Waals surface area contributed by atoms with Crippen molar-refractivity contribution in [3.05, 3.63) is 48.0 Å². The van der Waals surface area contributed by atoms with Crippen LogP contribution in [0.3, 0.4) is 0 Å². The molecule has 1 atom stereocenters. The normalized spacial score (nSPS) is 17.0. The van der Waals surface area contributed by atoms with E-state index in [1.165, 1.54) is 36.4 Å². The average molecular weight is 378 g/mol. The number of carboxylic acids is 1. The van der Waals surface area contributed by atoms with Crippen LogP contribution in [0.25, 0.3) is 0 Å². The summed E-state index contributed by atoms with van der Waals surface area (Å²) < 4.78 is 39.7. The van der Waals surface area contributed by atoms with Gasteiger partial charge in [-0.2, -0.15) is 0 Å². The van der Waals surface area contributed by atoms with Crippen LogP contribution in [0.5, 0.6) is 17.2 Å². The molecule has 0 saturated carbocycles. The molecule has 3 rings (SSSR count). The second kappa shape index (κ2) is 7.35. The molecule has 1 N–H and O–H groups in total. The minimum atomic E-state index is -3.30. The summed E-state index contributed by atoms with van der Waals surface area (Å²) in [5.41, 5.74) is 0.0316. The van der Waals surface area contributed by atoms with E-state index < -0.39 is 15.8 Å². The second-order valence-corrected chi connectivity index (χ2v) is 7.96. The Morgan fingerprint density at radius 2 is 1.81 bits per heavy atom. The largest absolute Gasteiger partial charge is 0.488 e. The van der Waals surface area contributed by atoms with Crippen molar-refractivity contribution in [3.63, 3.8) is 0 Å². The van der Waals surface area contributed by atoms with Gasteiger partial charge in [-0.3, -0.25) is 0 Å². The summed E-state index contributed by atoms with van der Waals surface area (Å²) in [6.45, 7) is 1.07. The minimum Gasteiger partial charge on any atom is -0.488 e. The second-order valence-electron chi connectivity index (χ2n) is 5.95. The number of hydrogen-bond acceptors (Lipinski definition) is 6. The van der Waals surface area contributed by atoms with Crippen molar-refractivity contribution in [1.82, 2.24) is 0 Å². The van der Waals surface area contributed by atoms with Gasteiger partial charge < -0.3 is 19.3 Å². The fourth-order valence-corrected chi connectivity index (χ4v) is 3.14. The summed E-state index contributed by atoms with van der Waals surface area (Å²) in [6.07, 6.45) is 1.73. The maximum atomic E-state index is 11.5. The molecule has 2 aromatic rings. The SMILES string of the molecule is CS(=O)(=O)c1ccc(Oc2cc(O[C@H]3CCOC3)cc(C(=O)O)c2)cc1. The van der Waals surface area contributed by atoms with Crippen LogP contribution in [0.4, 0.5) is 0 Å². The van der Waals surface area contributed by atoms with E-state index in [0.29, 0.717) is 24.7 Å². The number of carbonyl (C=O) groups is 1. The molecule has 1 saturated heterocycles. The van der Waals surface area contributed by atoms with Gasteiger partial charge in [-0.25, -0.2) is 13.2 Å². The molecule has 7 nitrogen and oxygen atoms in total. The van der Waals surface area contributed by atoms with Gasteiger partial charge in [0, 0.05) is 18.7 Å². The van der Waals surface area contributed by atoms with Gasteiger partial charge in [0.1, 0.15) is 23.4 Å². The summed E-state index contributed by atoms with van der Waals surface area (Å²) in [6, 6.07) is 10.3. The van der Waals surface area contributed by atoms with Crippen LogP contribution in [0, 0.1) is 0 Å². The molecule has 1 aliphatic rings. The highest BCUT2D eigenvalue weighted by atomic mass is 32.2. The van der Waals surface area contributed by atoms with E-state index in [1.807, 2.05) is 0 Å². The van der Waals surface area contributed by atoms with Crippen molar-refractivity contribution in [3.8, 4) is 17.2 Å². The first kappa shape index (κ1) is 18.2. The molecule has 138 valence electrons. The number of carboxylic acid groups (broad SMARTS) is 1. The van der Waals surface area contributed by atoms with Crippen molar-refractivity contribution in [2.24, 2.45) is 0 Å². The summed E-state index contributed by atoms with van der Waals surface area (Å²) in [5.74, 6) is -0.0560. The van der Waals surface area contributed by atoms with Gasteiger partial charge >= 0.3 is 5.97 Å². The third-order valence-electron chi connectivity index (χ3n) is 3.81. The summed E-state index contributed by atoms with van der Waals surface area (Å²) in [7, 11) is -3.30. The van der Waals surface area contributed by atoms with Gasteiger partial charge in [0.2, 0.25) is 0 Å². The minimum absolute atomic E-state index is 0.0316. The van der Waals surface area contributed by atoms with Crippen LogP contribution >= 0.6 is 0 Å². The first-order valence-corrected chi connectivity index (χ1v) is 9.81. The third kappa shape index (κ3) is 4.53. The van der Waals surface area contributed by atoms with Crippen LogP contribution < -0.4 is 9.47 Å². The Kier molecular flexibility index (Phi) is 5.15. The van der Waals surface area contributed by atoms with E-state index >= 15 is 0 Å². The standard InChI is InChI=1S/C18H18O7S/c1-26(21,22)17-4-2-13(3-5-17)24-15-8-12(18(19)20)9-16(10-15)25-14-6-7-23-11-14/h2-5,8-10,14H,6-7,11H2,1H3,(H,19,20)/t14-/m0/s1. The zero-order valence-corrected chi connectivity index (χ0v) is 14.9. The quantitative estimate of drug-likeness (QED) is 0.825. The van der Waals surface area contributed by atoms with E-state index in [4.69, 9.17) is 14.2 Å². The molecule has 0 radical (unpaired) electrons. The number of benzene rings is 2. The van der Waals surface area contributed by atoms with Crippen LogP contribution in [-0.4, -0.2) is 45.1 Å². The van der Waals surface area contributed by atoms with Gasteiger partial charge in [-0.1, -0.05) is 0 Å². The fourth-order valence-electron chi connectivity index (χ4n) is 2.51. The van der Waals surface area contributed by atoms with E-state index in [9.17, 15) is 18.3 Å². The number of rotatable bonds is 6. The topological polar surface area (TPSA) is 99.1 Å². The predicted molar refractivity (Wildman–Crippen MR) is 92.9 cm³/mol. The van der Waals surface area contributed by atoms with Gasteiger partial charge in [0.15, 0.2) is 9.84 Å². The average Bonchev–Trinajstić information content (AvgIpc) is 3.07. The number of sulfone groups is 1. The lowest BCUT2D eigenvalue weighted by Crippen LogP contribution is -2.16. The molecule has 0 aliphatic carbocycles. The molecular formula is C18H18O7S. The van der Waals surface area contributed by atoms with Gasteiger partial charge in [-0.15, -0.1) is 0 Å². The van der Waals surface area contributed by atoms with E-state index in [2.05, 4.69) is 0 Å². The molecule has 1 aliphatic heterocycles. The van der Waals surface area contributed by atoms with Crippen molar-refractivity contribution in [2.75, 3.05) is 19.5 Å². The third-order valence-corrected chi connectivity index (χ3v) is 4.93. The van der Waals surface area contributed by atoms with E-state index in [-0.39, 0.29) is 22.3 Å². The van der Waals surface area contributed by atoms with E-state index in [1.54, 1.807) is 6.07 Å². The molecule has 26 heavy (non-hydrogen) atoms. The first-order chi connectivity index (χ1) is 12.3. The highest BCUT2D eigenvalue weighted by Gasteiger charge is 2.19. The van der Waals surface area contributed by atoms with Crippen LogP contribution in [0.15, 0.2) is 47.4 Å². The fraction of sp³-hybridized carbons (Fsp3) is 0.278. The lowest BCUT2D eigenvalue weighted by Gasteiger charge is -2.14. The summed E-state index contributed by atoms with van der Waals surface area (Å²) in [4.78, 5) is 11.5. The highest BCUT2D eigenvalue weighted by molar-refractivity contribution is 7.90. The molecule has 0 amide bonds. The first-order valence-electron chi connectivity index (χ1n) is 7.92. The molecule has 0 unspecified atom stereocenters. The molecule has 8 heteroatoms. The van der Waals surface area contributed by atoms with Crippen molar-refractivity contribution < 1.29 is 32.5 Å². The number of aromatic carboxylic acids is 1. The van der Waals surface area contributed by atoms with Crippen LogP contribution in [0.2, 0.25) is 0 Å². The smallest absolute Gasteiger partial charge is 0.335 e. The zero-order chi connectivity index (χ0) is 18.7. The summed E-state index contributed by atoms with van der Waals surface area (Å²) in [5, 5.41) is 9.28. The highest BCUT2D eigenvalue weighted by Crippen LogP contribution is 2.29. The molecule has 0 aromatic heterocycles. The lowest BCUT2D eigenvalue weighted by molar-refractivity contribution is 0.0695. The Labute approximate surface area is 151 Å². The van der Waals surface area contributed by atoms with Gasteiger partial charge in [0.05, 0.1) is 23.7 Å². The Bertz CT molecular complexity index is 898. The molecule has 0 bridgehead atoms. The predicted octanol–water partition coefficient (Wildman–Crippen LogP) is 2.75. The Balaban J connectivity index is 1.83. The van der Waals surface area contributed by atoms with Crippen molar-refractivity contribution >= 4 is 15.8 Å². The van der Waals surface area contributed by atoms with Crippen LogP contribution in [-0.2, 0) is 14.6 Å². The van der Waals surface area contributed by atoms with E-state index in [0.717, 1.165) is 12.7 Å². The molecule has 1 heterocycles. The molecule has 1 fully saturated rings. The number of hydrogen-bond donors (Lipinski definition) is 1. The van der Waals surface area contributed by atoms with Crippen molar-refractivity contribution in [2.45, 2.75) is 17.4 Å². The molecular weight excluding hydrogens is 360 g/mol. The maximum Gasteiger partial charge on any atom is 0.335 e. The molecule has 0 spiro atoms. The Hall–Kier alpha value is -2.58. The Morgan fingerprint density at radius 3 is 2.38 bits per heavy atom. The summed E-state index contributed by atoms with van der Waals surface area (Å²) >= 11 is 0. The lowest BCUT2D eigenvalue weighted by atomic mass is 10.2. The maximum absolute atomic E-state index is 11.5. The van der Waals surface area contributed by atoms with Crippen molar-refractivity contribution in [1.29, 1.82) is 0 Å². The van der Waals surface area contributed by atoms with Gasteiger partial charge in [-0.05, 0) is 36.4 Å². The zero-order valence-electron chi connectivity index (χ0n) is 14.0. The Morgan fingerprint density at radius 1 is 1.12 bits per heavy atom. The number of ether oxygens (including phenoxy) is 3. The monoisotopic (exact) mass is 378 g/mol. The van der Waals surface area contributed by atoms with Gasteiger partial charge in [0.25, 0.3) is 0 Å². The molecule has 2 aromatic carbocycles. The van der Waals surface area contributed by atoms with Crippen LogP contribution in [0.1, 0.15) is 16.8 Å².